The molecule has 2 amide bonds. The summed E-state index contributed by atoms with van der Waals surface area (Å²) in [5.41, 5.74) is -2.13. The van der Waals surface area contributed by atoms with Gasteiger partial charge in [0.2, 0.25) is 5.91 Å². The van der Waals surface area contributed by atoms with E-state index in [2.05, 4.69) is 5.32 Å². The van der Waals surface area contributed by atoms with Gasteiger partial charge < -0.3 is 20.1 Å². The normalized spacial score (nSPS) is 22.2. The first-order chi connectivity index (χ1) is 9.95. The molecule has 0 bridgehead atoms. The molecular formula is C14H25N3O5. The van der Waals surface area contributed by atoms with E-state index < -0.39 is 23.2 Å². The van der Waals surface area contributed by atoms with E-state index in [4.69, 9.17) is 4.74 Å². The van der Waals surface area contributed by atoms with Gasteiger partial charge in [-0.15, -0.1) is 0 Å². The van der Waals surface area contributed by atoms with Gasteiger partial charge in [0.15, 0.2) is 5.54 Å². The predicted octanol–water partition coefficient (Wildman–Crippen LogP) is 0.128. The molecule has 1 aliphatic heterocycles. The molecule has 1 atom stereocenters. The third-order valence-electron chi connectivity index (χ3n) is 3.36. The van der Waals surface area contributed by atoms with Crippen molar-refractivity contribution in [3.63, 3.8) is 0 Å². The SMILES string of the molecule is CN(C)C(=O)CN1CCC(NC(=O)OC(C)(C)C)(C(=O)O)C1. The van der Waals surface area contributed by atoms with Crippen molar-refractivity contribution < 1.29 is 24.2 Å². The first-order valence-electron chi connectivity index (χ1n) is 7.12. The van der Waals surface area contributed by atoms with Gasteiger partial charge in [-0.2, -0.15) is 0 Å². The number of aliphatic carboxylic acids is 1. The summed E-state index contributed by atoms with van der Waals surface area (Å²) < 4.78 is 5.12. The number of likely N-dealkylation sites (N-methyl/N-ethyl adjacent to an activating group) is 1. The smallest absolute Gasteiger partial charge is 0.408 e. The highest BCUT2D eigenvalue weighted by atomic mass is 16.6. The number of carboxylic acids is 1. The van der Waals surface area contributed by atoms with Crippen molar-refractivity contribution in [2.24, 2.45) is 0 Å². The second kappa shape index (κ2) is 6.51. The average molecular weight is 315 g/mol. The van der Waals surface area contributed by atoms with Crippen molar-refractivity contribution in [1.29, 1.82) is 0 Å². The Balaban J connectivity index is 2.73. The Bertz CT molecular complexity index is 458. The Kier molecular flexibility index (Phi) is 5.39. The van der Waals surface area contributed by atoms with Gasteiger partial charge in [-0.1, -0.05) is 0 Å². The monoisotopic (exact) mass is 315 g/mol. The number of carbonyl (C=O) groups excluding carboxylic acids is 2. The number of ether oxygens (including phenoxy) is 1. The molecule has 22 heavy (non-hydrogen) atoms. The summed E-state index contributed by atoms with van der Waals surface area (Å²) in [5.74, 6) is -1.24. The van der Waals surface area contributed by atoms with E-state index in [1.807, 2.05) is 0 Å². The fourth-order valence-electron chi connectivity index (χ4n) is 2.19. The maximum Gasteiger partial charge on any atom is 0.408 e. The predicted molar refractivity (Wildman–Crippen MR) is 79.5 cm³/mol. The molecule has 0 aromatic rings. The lowest BCUT2D eigenvalue weighted by Gasteiger charge is -2.28. The first kappa shape index (κ1) is 18.2. The molecule has 0 aromatic carbocycles. The summed E-state index contributed by atoms with van der Waals surface area (Å²) >= 11 is 0. The van der Waals surface area contributed by atoms with E-state index in [9.17, 15) is 19.5 Å². The molecular weight excluding hydrogens is 290 g/mol. The third kappa shape index (κ3) is 4.87. The largest absolute Gasteiger partial charge is 0.479 e. The van der Waals surface area contributed by atoms with Crippen LogP contribution in [-0.2, 0) is 14.3 Å². The second-order valence-corrected chi connectivity index (χ2v) is 6.76. The van der Waals surface area contributed by atoms with Crippen molar-refractivity contribution in [2.75, 3.05) is 33.7 Å². The van der Waals surface area contributed by atoms with Gasteiger partial charge in [-0.25, -0.2) is 9.59 Å². The number of carboxylic acid groups (broad SMARTS) is 1. The molecule has 0 spiro atoms. The number of likely N-dealkylation sites (tertiary alicyclic amines) is 1. The lowest BCUT2D eigenvalue weighted by Crippen LogP contribution is -2.57. The lowest BCUT2D eigenvalue weighted by atomic mass is 9.99. The van der Waals surface area contributed by atoms with E-state index in [1.165, 1.54) is 4.90 Å². The number of amides is 2. The molecule has 0 saturated carbocycles. The lowest BCUT2D eigenvalue weighted by molar-refractivity contribution is -0.144. The summed E-state index contributed by atoms with van der Waals surface area (Å²) in [6.45, 7) is 5.73. The quantitative estimate of drug-likeness (QED) is 0.765. The fraction of sp³-hybridized carbons (Fsp3) is 0.786. The van der Waals surface area contributed by atoms with Crippen LogP contribution in [-0.4, -0.2) is 77.7 Å². The minimum absolute atomic E-state index is 0.0706. The topological polar surface area (TPSA) is 99.2 Å². The maximum absolute atomic E-state index is 11.9. The molecule has 2 N–H and O–H groups in total. The molecule has 0 aromatic heterocycles. The van der Waals surface area contributed by atoms with Crippen LogP contribution in [0.3, 0.4) is 0 Å². The van der Waals surface area contributed by atoms with Gasteiger partial charge in [-0.3, -0.25) is 9.69 Å². The number of alkyl carbamates (subject to hydrolysis) is 1. The van der Waals surface area contributed by atoms with Crippen LogP contribution in [0.25, 0.3) is 0 Å². The van der Waals surface area contributed by atoms with Gasteiger partial charge in [0.05, 0.1) is 6.54 Å². The van der Waals surface area contributed by atoms with Crippen molar-refractivity contribution in [3.05, 3.63) is 0 Å². The van der Waals surface area contributed by atoms with Crippen LogP contribution in [0.5, 0.6) is 0 Å². The summed E-state index contributed by atoms with van der Waals surface area (Å²) in [6, 6.07) is 0. The van der Waals surface area contributed by atoms with Crippen molar-refractivity contribution in [3.8, 4) is 0 Å². The van der Waals surface area contributed by atoms with Gasteiger partial charge in [0, 0.05) is 27.2 Å². The Labute approximate surface area is 130 Å². The number of nitrogens with zero attached hydrogens (tertiary/aromatic N) is 2. The molecule has 0 radical (unpaired) electrons. The molecule has 126 valence electrons. The summed E-state index contributed by atoms with van der Waals surface area (Å²) in [4.78, 5) is 38.3. The van der Waals surface area contributed by atoms with Crippen LogP contribution >= 0.6 is 0 Å². The van der Waals surface area contributed by atoms with Crippen molar-refractivity contribution in [2.45, 2.75) is 38.3 Å². The Morgan fingerprint density at radius 3 is 2.36 bits per heavy atom. The van der Waals surface area contributed by atoms with Crippen LogP contribution in [0.1, 0.15) is 27.2 Å². The number of hydrogen-bond donors (Lipinski definition) is 2. The Morgan fingerprint density at radius 1 is 1.32 bits per heavy atom. The number of rotatable bonds is 4. The summed E-state index contributed by atoms with van der Waals surface area (Å²) in [6.07, 6.45) is -0.543. The maximum atomic E-state index is 11.9. The molecule has 0 aliphatic carbocycles. The van der Waals surface area contributed by atoms with Gasteiger partial charge >= 0.3 is 12.1 Å². The minimum Gasteiger partial charge on any atom is -0.479 e. The molecule has 8 heteroatoms. The Hall–Kier alpha value is -1.83. The van der Waals surface area contributed by atoms with E-state index in [0.717, 1.165) is 0 Å². The molecule has 1 fully saturated rings. The molecule has 1 heterocycles. The highest BCUT2D eigenvalue weighted by Gasteiger charge is 2.47. The van der Waals surface area contributed by atoms with Gasteiger partial charge in [0.1, 0.15) is 5.60 Å². The van der Waals surface area contributed by atoms with Gasteiger partial charge in [-0.05, 0) is 27.2 Å². The molecule has 1 saturated heterocycles. The Morgan fingerprint density at radius 2 is 1.91 bits per heavy atom. The molecule has 1 aliphatic rings. The van der Waals surface area contributed by atoms with Crippen LogP contribution in [0.15, 0.2) is 0 Å². The minimum atomic E-state index is -1.42. The number of hydrogen-bond acceptors (Lipinski definition) is 5. The molecule has 1 unspecified atom stereocenters. The molecule has 1 rings (SSSR count). The number of carbonyl (C=O) groups is 3. The first-order valence-corrected chi connectivity index (χ1v) is 7.12. The van der Waals surface area contributed by atoms with Gasteiger partial charge in [0.25, 0.3) is 0 Å². The van der Waals surface area contributed by atoms with Crippen molar-refractivity contribution in [1.82, 2.24) is 15.1 Å². The van der Waals surface area contributed by atoms with E-state index in [1.54, 1.807) is 39.8 Å². The third-order valence-corrected chi connectivity index (χ3v) is 3.36. The van der Waals surface area contributed by atoms with Crippen LogP contribution < -0.4 is 5.32 Å². The summed E-state index contributed by atoms with van der Waals surface area (Å²) in [5, 5.41) is 11.9. The number of nitrogens with one attached hydrogen (secondary N) is 1. The highest BCUT2D eigenvalue weighted by Crippen LogP contribution is 2.22. The zero-order valence-electron chi connectivity index (χ0n) is 13.8. The van der Waals surface area contributed by atoms with Crippen LogP contribution in [0.4, 0.5) is 4.79 Å². The molecule has 8 nitrogen and oxygen atoms in total. The van der Waals surface area contributed by atoms with Crippen LogP contribution in [0, 0.1) is 0 Å². The highest BCUT2D eigenvalue weighted by molar-refractivity contribution is 5.85. The van der Waals surface area contributed by atoms with Crippen molar-refractivity contribution >= 4 is 18.0 Å². The van der Waals surface area contributed by atoms with E-state index >= 15 is 0 Å². The summed E-state index contributed by atoms with van der Waals surface area (Å²) in [7, 11) is 3.28. The van der Waals surface area contributed by atoms with E-state index in [-0.39, 0.29) is 25.4 Å². The standard InChI is InChI=1S/C14H25N3O5/c1-13(2,3)22-12(21)15-14(11(19)20)6-7-17(9-14)8-10(18)16(4)5/h6-9H2,1-5H3,(H,15,21)(H,19,20). The van der Waals surface area contributed by atoms with E-state index in [0.29, 0.717) is 6.54 Å². The fourth-order valence-corrected chi connectivity index (χ4v) is 2.19. The van der Waals surface area contributed by atoms with Crippen LogP contribution in [0.2, 0.25) is 0 Å². The second-order valence-electron chi connectivity index (χ2n) is 6.76. The average Bonchev–Trinajstić information content (AvgIpc) is 2.70. The zero-order chi connectivity index (χ0) is 17.1. The zero-order valence-corrected chi connectivity index (χ0v) is 13.8.